The summed E-state index contributed by atoms with van der Waals surface area (Å²) in [6.45, 7) is 1.31. The zero-order chi connectivity index (χ0) is 24.7. The Labute approximate surface area is 205 Å². The Morgan fingerprint density at radius 2 is 1.77 bits per heavy atom. The molecule has 35 heavy (non-hydrogen) atoms. The van der Waals surface area contributed by atoms with Gasteiger partial charge in [0, 0.05) is 18.7 Å². The lowest BCUT2D eigenvalue weighted by molar-refractivity contribution is 0.0194. The van der Waals surface area contributed by atoms with Gasteiger partial charge >= 0.3 is 0 Å². The molecular weight excluding hydrogens is 473 g/mol. The predicted molar refractivity (Wildman–Crippen MR) is 128 cm³/mol. The van der Waals surface area contributed by atoms with Crippen LogP contribution in [-0.2, 0) is 24.0 Å². The van der Waals surface area contributed by atoms with Gasteiger partial charge in [-0.1, -0.05) is 12.1 Å². The van der Waals surface area contributed by atoms with Crippen molar-refractivity contribution in [2.75, 3.05) is 27.9 Å². The Morgan fingerprint density at radius 3 is 2.49 bits per heavy atom. The third-order valence-corrected chi connectivity index (χ3v) is 7.59. The van der Waals surface area contributed by atoms with Crippen LogP contribution >= 0.6 is 0 Å². The summed E-state index contributed by atoms with van der Waals surface area (Å²) in [6, 6.07) is 12.4. The highest BCUT2D eigenvalue weighted by atomic mass is 32.2. The van der Waals surface area contributed by atoms with E-state index in [1.54, 1.807) is 26.4 Å². The molecule has 5 rings (SSSR count). The fraction of sp³-hybridized carbons (Fsp3) is 0.308. The maximum atomic E-state index is 13.6. The summed E-state index contributed by atoms with van der Waals surface area (Å²) < 4.78 is 48.8. The molecule has 7 nitrogen and oxygen atoms in total. The minimum absolute atomic E-state index is 0.207. The molecule has 1 N–H and O–H groups in total. The Morgan fingerprint density at radius 1 is 0.971 bits per heavy atom. The summed E-state index contributed by atoms with van der Waals surface area (Å²) in [7, 11) is 4.70. The molecular formula is C26H26FNO6S. The molecule has 3 unspecified atom stereocenters. The van der Waals surface area contributed by atoms with E-state index < -0.39 is 23.0 Å². The zero-order valence-corrected chi connectivity index (χ0v) is 20.4. The van der Waals surface area contributed by atoms with Crippen LogP contribution in [0.15, 0.2) is 53.4 Å². The largest absolute Gasteiger partial charge is 0.493 e. The third-order valence-electron chi connectivity index (χ3n) is 6.62. The van der Waals surface area contributed by atoms with Crippen LogP contribution in [0.3, 0.4) is 0 Å². The molecule has 0 radical (unpaired) electrons. The first kappa shape index (κ1) is 23.6. The van der Waals surface area contributed by atoms with E-state index >= 15 is 0 Å². The van der Waals surface area contributed by atoms with E-state index in [2.05, 4.69) is 4.90 Å². The molecule has 9 heteroatoms. The van der Waals surface area contributed by atoms with Gasteiger partial charge in [0.2, 0.25) is 11.1 Å². The van der Waals surface area contributed by atoms with Crippen molar-refractivity contribution in [3.05, 3.63) is 76.6 Å². The van der Waals surface area contributed by atoms with Gasteiger partial charge in [-0.2, -0.15) is 0 Å². The molecule has 0 saturated heterocycles. The zero-order valence-electron chi connectivity index (χ0n) is 19.6. The molecule has 0 bridgehead atoms. The molecule has 2 heterocycles. The number of hydrogen-bond acceptors (Lipinski definition) is 7. The Balaban J connectivity index is 1.54. The average molecular weight is 500 g/mol. The van der Waals surface area contributed by atoms with Crippen molar-refractivity contribution in [3.63, 3.8) is 0 Å². The van der Waals surface area contributed by atoms with Crippen molar-refractivity contribution in [2.45, 2.75) is 30.0 Å². The van der Waals surface area contributed by atoms with Gasteiger partial charge in [0.05, 0.1) is 38.4 Å². The normalized spacial score (nSPS) is 19.7. The smallest absolute Gasteiger partial charge is 0.240 e. The molecule has 3 aromatic carbocycles. The van der Waals surface area contributed by atoms with Crippen LogP contribution in [0.25, 0.3) is 0 Å². The molecule has 3 aromatic rings. The van der Waals surface area contributed by atoms with Gasteiger partial charge < -0.3 is 23.5 Å². The van der Waals surface area contributed by atoms with Crippen LogP contribution < -0.4 is 18.4 Å². The molecule has 0 aromatic heterocycles. The van der Waals surface area contributed by atoms with Crippen molar-refractivity contribution < 1.29 is 32.1 Å². The van der Waals surface area contributed by atoms with Crippen LogP contribution in [0.4, 0.5) is 4.39 Å². The number of halogens is 1. The monoisotopic (exact) mass is 499 g/mol. The molecule has 2 aliphatic rings. The van der Waals surface area contributed by atoms with Crippen molar-refractivity contribution in [2.24, 2.45) is 0 Å². The third kappa shape index (κ3) is 4.13. The van der Waals surface area contributed by atoms with Crippen LogP contribution in [-0.4, -0.2) is 42.1 Å². The Hall–Kier alpha value is -3.14. The summed E-state index contributed by atoms with van der Waals surface area (Å²) in [6.07, 6.45) is -0.0864. The van der Waals surface area contributed by atoms with Crippen LogP contribution in [0.1, 0.15) is 34.4 Å². The summed E-state index contributed by atoms with van der Waals surface area (Å²) in [4.78, 5) is 2.40. The highest BCUT2D eigenvalue weighted by molar-refractivity contribution is 7.80. The van der Waals surface area contributed by atoms with Gasteiger partial charge in [0.25, 0.3) is 0 Å². The number of benzene rings is 3. The van der Waals surface area contributed by atoms with Gasteiger partial charge in [0.15, 0.2) is 23.0 Å². The minimum Gasteiger partial charge on any atom is -0.493 e. The van der Waals surface area contributed by atoms with Gasteiger partial charge in [-0.25, -0.2) is 8.60 Å². The Bertz CT molecular complexity index is 1300. The number of fused-ring (bicyclic) bond motifs is 4. The summed E-state index contributed by atoms with van der Waals surface area (Å²) in [5.74, 6) is 1.44. The fourth-order valence-electron chi connectivity index (χ4n) is 5.00. The number of nitrogens with zero attached hydrogens (tertiary/aromatic N) is 1. The minimum atomic E-state index is -1.95. The quantitative estimate of drug-likeness (QED) is 0.547. The van der Waals surface area contributed by atoms with Crippen molar-refractivity contribution in [3.8, 4) is 23.0 Å². The molecule has 0 saturated carbocycles. The average Bonchev–Trinajstić information content (AvgIpc) is 2.87. The van der Waals surface area contributed by atoms with E-state index in [1.807, 2.05) is 12.1 Å². The second-order valence-corrected chi connectivity index (χ2v) is 9.56. The van der Waals surface area contributed by atoms with E-state index in [0.717, 1.165) is 35.2 Å². The van der Waals surface area contributed by atoms with Crippen LogP contribution in [0, 0.1) is 5.82 Å². The first-order chi connectivity index (χ1) is 16.9. The van der Waals surface area contributed by atoms with Crippen molar-refractivity contribution in [1.29, 1.82) is 0 Å². The van der Waals surface area contributed by atoms with Gasteiger partial charge in [-0.05, 0) is 59.5 Å². The number of hydrogen-bond donors (Lipinski definition) is 1. The van der Waals surface area contributed by atoms with Gasteiger partial charge in [0.1, 0.15) is 5.82 Å². The Kier molecular flexibility index (Phi) is 6.39. The van der Waals surface area contributed by atoms with E-state index in [0.29, 0.717) is 23.8 Å². The predicted octanol–water partition coefficient (Wildman–Crippen LogP) is 4.10. The van der Waals surface area contributed by atoms with E-state index in [-0.39, 0.29) is 16.7 Å². The van der Waals surface area contributed by atoms with Gasteiger partial charge in [-0.15, -0.1) is 0 Å². The molecule has 184 valence electrons. The number of aliphatic hydroxyl groups excluding tert-OH is 1. The van der Waals surface area contributed by atoms with Crippen molar-refractivity contribution >= 4 is 11.1 Å². The molecule has 3 atom stereocenters. The van der Waals surface area contributed by atoms with Crippen LogP contribution in [0.2, 0.25) is 0 Å². The molecule has 0 fully saturated rings. The maximum absolute atomic E-state index is 13.6. The second-order valence-electron chi connectivity index (χ2n) is 8.46. The lowest BCUT2D eigenvalue weighted by atomic mass is 9.81. The van der Waals surface area contributed by atoms with Crippen molar-refractivity contribution in [1.82, 2.24) is 4.90 Å². The molecule has 0 amide bonds. The standard InChI is InChI=1S/C26H26FNO6S/c1-31-21-8-7-18-20(26(21)33-3)14-28-10-9-15-11-22(32-2)23(13-19(15)24(28)25(18)29)34-35(30)17-6-4-5-16(27)12-17/h4-8,11-13,24-25,29H,9-10,14H2,1-3H3. The van der Waals surface area contributed by atoms with E-state index in [9.17, 15) is 13.7 Å². The highest BCUT2D eigenvalue weighted by Crippen LogP contribution is 2.50. The summed E-state index contributed by atoms with van der Waals surface area (Å²) in [5.41, 5.74) is 3.57. The van der Waals surface area contributed by atoms with E-state index in [4.69, 9.17) is 18.4 Å². The number of ether oxygens (including phenoxy) is 3. The number of aliphatic hydroxyl groups is 1. The summed E-state index contributed by atoms with van der Waals surface area (Å²) >= 11 is -1.95. The van der Waals surface area contributed by atoms with Crippen LogP contribution in [0.5, 0.6) is 23.0 Å². The second kappa shape index (κ2) is 9.49. The van der Waals surface area contributed by atoms with Gasteiger partial charge in [-0.3, -0.25) is 4.90 Å². The van der Waals surface area contributed by atoms with E-state index in [1.165, 1.54) is 31.4 Å². The topological polar surface area (TPSA) is 77.5 Å². The lowest BCUT2D eigenvalue weighted by Gasteiger charge is -2.44. The number of rotatable bonds is 6. The fourth-order valence-corrected chi connectivity index (χ4v) is 5.79. The summed E-state index contributed by atoms with van der Waals surface area (Å²) in [5, 5.41) is 11.5. The SMILES string of the molecule is COc1cc2c(cc1OS(=O)c1cccc(F)c1)C1C(O)c3ccc(OC)c(OC)c3CN1CC2. The molecule has 0 spiro atoms. The first-order valence-corrected chi connectivity index (χ1v) is 12.2. The highest BCUT2D eigenvalue weighted by Gasteiger charge is 2.41. The molecule has 0 aliphatic carbocycles. The lowest BCUT2D eigenvalue weighted by Crippen LogP contribution is -2.42. The maximum Gasteiger partial charge on any atom is 0.240 e. The first-order valence-electron chi connectivity index (χ1n) is 11.2. The number of methoxy groups -OCH3 is 3. The molecule has 2 aliphatic heterocycles.